The van der Waals surface area contributed by atoms with E-state index in [0.29, 0.717) is 36.0 Å². The number of fused-ring (bicyclic) bond motifs is 1. The molecule has 0 radical (unpaired) electrons. The first-order valence-electron chi connectivity index (χ1n) is 12.7. The fourth-order valence-electron chi connectivity index (χ4n) is 4.92. The molecule has 3 heterocycles. The maximum absolute atomic E-state index is 15.1. The third-order valence-corrected chi connectivity index (χ3v) is 7.76. The van der Waals surface area contributed by atoms with Gasteiger partial charge in [0.15, 0.2) is 0 Å². The van der Waals surface area contributed by atoms with Crippen LogP contribution in [-0.2, 0) is 4.74 Å². The Morgan fingerprint density at radius 2 is 1.92 bits per heavy atom. The largest absolute Gasteiger partial charge is 0.497 e. The SMILES string of the molecule is COc1ccc2cc(C(=S)NC[C@H]3CN(c4ccc(N5CCN(C(C)=S)CC5)c(F)c4)C(=O)O3)c(C)nc2c1. The van der Waals surface area contributed by atoms with Crippen molar-refractivity contribution < 1.29 is 18.7 Å². The van der Waals surface area contributed by atoms with Crippen molar-refractivity contribution in [1.82, 2.24) is 15.2 Å². The van der Waals surface area contributed by atoms with Crippen molar-refractivity contribution in [3.63, 3.8) is 0 Å². The van der Waals surface area contributed by atoms with Gasteiger partial charge in [-0.15, -0.1) is 0 Å². The highest BCUT2D eigenvalue weighted by atomic mass is 32.1. The molecule has 1 atom stereocenters. The molecule has 2 saturated heterocycles. The smallest absolute Gasteiger partial charge is 0.414 e. The van der Waals surface area contributed by atoms with Crippen molar-refractivity contribution in [3.05, 3.63) is 59.5 Å². The summed E-state index contributed by atoms with van der Waals surface area (Å²) in [6.07, 6.45) is -0.954. The van der Waals surface area contributed by atoms with Crippen LogP contribution < -0.4 is 19.9 Å². The van der Waals surface area contributed by atoms with Gasteiger partial charge in [0, 0.05) is 48.9 Å². The number of benzene rings is 2. The Labute approximate surface area is 237 Å². The number of hydrogen-bond acceptors (Lipinski definition) is 7. The molecule has 2 fully saturated rings. The first-order valence-corrected chi connectivity index (χ1v) is 13.6. The zero-order chi connectivity index (χ0) is 27.7. The maximum Gasteiger partial charge on any atom is 0.414 e. The Kier molecular flexibility index (Phi) is 7.81. The molecule has 2 aromatic carbocycles. The van der Waals surface area contributed by atoms with Gasteiger partial charge in [-0.2, -0.15) is 0 Å². The van der Waals surface area contributed by atoms with E-state index in [4.69, 9.17) is 33.9 Å². The second-order valence-corrected chi connectivity index (χ2v) is 10.6. The number of amides is 1. The van der Waals surface area contributed by atoms with E-state index in [-0.39, 0.29) is 12.4 Å². The second kappa shape index (κ2) is 11.3. The van der Waals surface area contributed by atoms with Gasteiger partial charge < -0.3 is 24.6 Å². The number of halogens is 1. The van der Waals surface area contributed by atoms with Gasteiger partial charge in [-0.1, -0.05) is 24.4 Å². The van der Waals surface area contributed by atoms with Crippen LogP contribution in [0.3, 0.4) is 0 Å². The number of carbonyl (C=O) groups excluding carboxylic acids is 1. The number of carbonyl (C=O) groups is 1. The molecule has 204 valence electrons. The number of pyridine rings is 1. The molecule has 5 rings (SSSR count). The highest BCUT2D eigenvalue weighted by Crippen LogP contribution is 2.29. The summed E-state index contributed by atoms with van der Waals surface area (Å²) in [5, 5.41) is 4.15. The lowest BCUT2D eigenvalue weighted by atomic mass is 10.1. The van der Waals surface area contributed by atoms with Crippen molar-refractivity contribution in [2.45, 2.75) is 20.0 Å². The van der Waals surface area contributed by atoms with E-state index in [1.54, 1.807) is 19.2 Å². The first kappa shape index (κ1) is 27.0. The lowest BCUT2D eigenvalue weighted by molar-refractivity contribution is 0.143. The molecule has 0 aliphatic carbocycles. The molecule has 8 nitrogen and oxygen atoms in total. The molecule has 0 unspecified atom stereocenters. The molecule has 1 N–H and O–H groups in total. The van der Waals surface area contributed by atoms with E-state index in [1.165, 1.54) is 11.0 Å². The summed E-state index contributed by atoms with van der Waals surface area (Å²) in [5.74, 6) is 0.373. The number of ether oxygens (including phenoxy) is 2. The summed E-state index contributed by atoms with van der Waals surface area (Å²) in [5.41, 5.74) is 3.40. The number of hydrogen-bond donors (Lipinski definition) is 1. The molecule has 0 spiro atoms. The van der Waals surface area contributed by atoms with Crippen LogP contribution in [0.5, 0.6) is 5.75 Å². The van der Waals surface area contributed by atoms with Crippen LogP contribution in [0.2, 0.25) is 0 Å². The minimum Gasteiger partial charge on any atom is -0.497 e. The predicted octanol–water partition coefficient (Wildman–Crippen LogP) is 4.45. The minimum atomic E-state index is -0.512. The average molecular weight is 568 g/mol. The third kappa shape index (κ3) is 5.74. The molecule has 1 aromatic heterocycles. The van der Waals surface area contributed by atoms with Gasteiger partial charge in [0.1, 0.15) is 22.7 Å². The summed E-state index contributed by atoms with van der Waals surface area (Å²) >= 11 is 10.9. The van der Waals surface area contributed by atoms with Crippen LogP contribution in [0.1, 0.15) is 18.2 Å². The fourth-order valence-corrected chi connectivity index (χ4v) is 5.40. The molecule has 0 bridgehead atoms. The summed E-state index contributed by atoms with van der Waals surface area (Å²) < 4.78 is 25.9. The van der Waals surface area contributed by atoms with Gasteiger partial charge >= 0.3 is 6.09 Å². The Bertz CT molecular complexity index is 1440. The molecule has 3 aromatic rings. The Balaban J connectivity index is 1.20. The number of rotatable bonds is 6. The zero-order valence-electron chi connectivity index (χ0n) is 22.1. The lowest BCUT2D eigenvalue weighted by Crippen LogP contribution is -2.47. The predicted molar refractivity (Wildman–Crippen MR) is 159 cm³/mol. The molecule has 0 saturated carbocycles. The number of anilines is 2. The van der Waals surface area contributed by atoms with Crippen molar-refractivity contribution in [2.75, 3.05) is 56.2 Å². The van der Waals surface area contributed by atoms with Crippen LogP contribution in [0, 0.1) is 12.7 Å². The standard InChI is InChI=1S/C28H30FN5O3S2/c1-17-23(12-19-4-6-21(36-3)14-25(19)31-17)27(39)30-15-22-16-34(28(35)37-22)20-5-7-26(24(29)13-20)33-10-8-32(9-11-33)18(2)38/h4-7,12-14,22H,8-11,15-16H2,1-3H3,(H,30,39)/t22-/m0/s1. The number of aryl methyl sites for hydroxylation is 1. The van der Waals surface area contributed by atoms with Crippen LogP contribution in [0.15, 0.2) is 42.5 Å². The molecule has 2 aliphatic heterocycles. The van der Waals surface area contributed by atoms with E-state index in [2.05, 4.69) is 15.2 Å². The third-order valence-electron chi connectivity index (χ3n) is 7.13. The normalized spacial score (nSPS) is 17.4. The van der Waals surface area contributed by atoms with E-state index in [0.717, 1.165) is 46.0 Å². The molecule has 1 amide bonds. The molecule has 2 aliphatic rings. The topological polar surface area (TPSA) is 70.2 Å². The summed E-state index contributed by atoms with van der Waals surface area (Å²) in [6.45, 7) is 7.31. The van der Waals surface area contributed by atoms with E-state index in [9.17, 15) is 4.79 Å². The van der Waals surface area contributed by atoms with Gasteiger partial charge in [0.2, 0.25) is 0 Å². The highest BCUT2D eigenvalue weighted by molar-refractivity contribution is 7.80. The minimum absolute atomic E-state index is 0.286. The second-order valence-electron chi connectivity index (χ2n) is 9.64. The Morgan fingerprint density at radius 1 is 1.15 bits per heavy atom. The zero-order valence-corrected chi connectivity index (χ0v) is 23.7. The van der Waals surface area contributed by atoms with Crippen LogP contribution in [0.25, 0.3) is 10.9 Å². The van der Waals surface area contributed by atoms with Crippen molar-refractivity contribution in [1.29, 1.82) is 0 Å². The number of thiocarbonyl (C=S) groups is 2. The highest BCUT2D eigenvalue weighted by Gasteiger charge is 2.33. The number of methoxy groups -OCH3 is 1. The van der Waals surface area contributed by atoms with Gasteiger partial charge in [0.25, 0.3) is 0 Å². The first-order chi connectivity index (χ1) is 18.7. The van der Waals surface area contributed by atoms with Crippen LogP contribution in [-0.4, -0.2) is 78.4 Å². The van der Waals surface area contributed by atoms with E-state index < -0.39 is 12.2 Å². The number of cyclic esters (lactones) is 1. The maximum atomic E-state index is 15.1. The van der Waals surface area contributed by atoms with Gasteiger partial charge in [-0.05, 0) is 50.2 Å². The number of piperazine rings is 1. The van der Waals surface area contributed by atoms with Crippen molar-refractivity contribution in [3.8, 4) is 5.75 Å². The lowest BCUT2D eigenvalue weighted by Gasteiger charge is -2.37. The molecular weight excluding hydrogens is 537 g/mol. The Morgan fingerprint density at radius 3 is 2.62 bits per heavy atom. The number of nitrogens with zero attached hydrogens (tertiary/aromatic N) is 4. The number of aromatic nitrogens is 1. The quantitative estimate of drug-likeness (QED) is 0.435. The number of nitrogens with one attached hydrogen (secondary N) is 1. The molecular formula is C28H30FN5O3S2. The van der Waals surface area contributed by atoms with Gasteiger partial charge in [0.05, 0.1) is 42.1 Å². The fraction of sp³-hybridized carbons (Fsp3) is 0.357. The summed E-state index contributed by atoms with van der Waals surface area (Å²) in [4.78, 5) is 24.2. The monoisotopic (exact) mass is 567 g/mol. The summed E-state index contributed by atoms with van der Waals surface area (Å²) in [6, 6.07) is 12.6. The van der Waals surface area contributed by atoms with E-state index >= 15 is 4.39 Å². The van der Waals surface area contributed by atoms with E-state index in [1.807, 2.05) is 43.0 Å². The molecule has 11 heteroatoms. The average Bonchev–Trinajstić information content (AvgIpc) is 3.31. The Hall–Kier alpha value is -3.57. The van der Waals surface area contributed by atoms with Crippen LogP contribution in [0.4, 0.5) is 20.6 Å². The van der Waals surface area contributed by atoms with Gasteiger partial charge in [-0.3, -0.25) is 9.88 Å². The summed E-state index contributed by atoms with van der Waals surface area (Å²) in [7, 11) is 1.62. The van der Waals surface area contributed by atoms with Crippen LogP contribution >= 0.6 is 24.4 Å². The molecule has 39 heavy (non-hydrogen) atoms. The van der Waals surface area contributed by atoms with Crippen molar-refractivity contribution >= 4 is 62.8 Å². The van der Waals surface area contributed by atoms with Crippen molar-refractivity contribution in [2.24, 2.45) is 0 Å². The van der Waals surface area contributed by atoms with Gasteiger partial charge in [-0.25, -0.2) is 9.18 Å².